The minimum Gasteiger partial charge on any atom is -0.322 e. The Hall–Kier alpha value is -2.54. The molecule has 7 nitrogen and oxygen atoms in total. The molecule has 1 saturated carbocycles. The zero-order chi connectivity index (χ0) is 21.2. The molecule has 0 unspecified atom stereocenters. The predicted octanol–water partition coefficient (Wildman–Crippen LogP) is 4.29. The zero-order valence-electron chi connectivity index (χ0n) is 18.4. The van der Waals surface area contributed by atoms with Crippen molar-refractivity contribution < 1.29 is 0 Å². The van der Waals surface area contributed by atoms with E-state index < -0.39 is 0 Å². The van der Waals surface area contributed by atoms with Gasteiger partial charge >= 0.3 is 0 Å². The summed E-state index contributed by atoms with van der Waals surface area (Å²) in [6.07, 6.45) is 10.7. The third kappa shape index (κ3) is 4.15. The van der Waals surface area contributed by atoms with Gasteiger partial charge in [-0.15, -0.1) is 5.10 Å². The number of tetrazole rings is 1. The Kier molecular flexibility index (Phi) is 5.85. The number of H-pyrrole nitrogens is 1. The first-order valence-corrected chi connectivity index (χ1v) is 11.9. The van der Waals surface area contributed by atoms with Crippen molar-refractivity contribution in [3.8, 4) is 0 Å². The van der Waals surface area contributed by atoms with Gasteiger partial charge in [0.05, 0.1) is 6.04 Å². The SMILES string of the molecule is Cc1ccc2cc([C@@H](c3nnnn3C3CCCCC3)N3CCCCCC3)c(=O)[nH]c2c1. The van der Waals surface area contributed by atoms with Crippen LogP contribution in [0.2, 0.25) is 0 Å². The van der Waals surface area contributed by atoms with Crippen molar-refractivity contribution in [2.45, 2.75) is 76.8 Å². The molecule has 0 spiro atoms. The summed E-state index contributed by atoms with van der Waals surface area (Å²) >= 11 is 0. The minimum absolute atomic E-state index is 0.0365. The van der Waals surface area contributed by atoms with Gasteiger partial charge in [0.1, 0.15) is 6.04 Å². The van der Waals surface area contributed by atoms with Gasteiger partial charge in [-0.1, -0.05) is 44.2 Å². The van der Waals surface area contributed by atoms with E-state index >= 15 is 0 Å². The van der Waals surface area contributed by atoms with Crippen LogP contribution < -0.4 is 5.56 Å². The van der Waals surface area contributed by atoms with Crippen LogP contribution in [0.1, 0.15) is 86.8 Å². The average molecular weight is 421 g/mol. The van der Waals surface area contributed by atoms with Gasteiger partial charge in [0.25, 0.3) is 5.56 Å². The highest BCUT2D eigenvalue weighted by Gasteiger charge is 2.33. The first-order chi connectivity index (χ1) is 15.2. The molecule has 1 N–H and O–H groups in total. The number of hydrogen-bond acceptors (Lipinski definition) is 5. The molecule has 0 amide bonds. The molecule has 7 heteroatoms. The Morgan fingerprint density at radius 3 is 2.52 bits per heavy atom. The number of pyridine rings is 1. The second kappa shape index (κ2) is 8.91. The molecule has 2 aliphatic rings. The molecular formula is C24H32N6O. The highest BCUT2D eigenvalue weighted by atomic mass is 16.1. The van der Waals surface area contributed by atoms with E-state index in [4.69, 9.17) is 0 Å². The highest BCUT2D eigenvalue weighted by Crippen LogP contribution is 2.34. The van der Waals surface area contributed by atoms with E-state index in [0.717, 1.165) is 66.6 Å². The average Bonchev–Trinajstić information content (AvgIpc) is 3.10. The summed E-state index contributed by atoms with van der Waals surface area (Å²) in [4.78, 5) is 18.9. The van der Waals surface area contributed by atoms with Crippen molar-refractivity contribution in [1.82, 2.24) is 30.1 Å². The van der Waals surface area contributed by atoms with Crippen molar-refractivity contribution in [3.05, 3.63) is 51.6 Å². The quantitative estimate of drug-likeness (QED) is 0.681. The molecule has 3 aromatic rings. The summed E-state index contributed by atoms with van der Waals surface area (Å²) in [5, 5.41) is 14.1. The molecular weight excluding hydrogens is 388 g/mol. The summed E-state index contributed by atoms with van der Waals surface area (Å²) in [6, 6.07) is 8.39. The lowest BCUT2D eigenvalue weighted by molar-refractivity contribution is 0.210. The number of nitrogens with one attached hydrogen (secondary N) is 1. The van der Waals surface area contributed by atoms with E-state index in [1.54, 1.807) is 0 Å². The largest absolute Gasteiger partial charge is 0.322 e. The maximum absolute atomic E-state index is 13.3. The molecule has 0 bridgehead atoms. The minimum atomic E-state index is -0.218. The maximum atomic E-state index is 13.3. The first-order valence-electron chi connectivity index (χ1n) is 11.9. The van der Waals surface area contributed by atoms with Crippen molar-refractivity contribution in [2.75, 3.05) is 13.1 Å². The number of aromatic nitrogens is 5. The van der Waals surface area contributed by atoms with Crippen LogP contribution in [0.3, 0.4) is 0 Å². The van der Waals surface area contributed by atoms with Gasteiger partial charge in [0, 0.05) is 11.1 Å². The van der Waals surface area contributed by atoms with E-state index in [-0.39, 0.29) is 11.6 Å². The van der Waals surface area contributed by atoms with Crippen molar-refractivity contribution in [3.63, 3.8) is 0 Å². The fraction of sp³-hybridized carbons (Fsp3) is 0.583. The van der Waals surface area contributed by atoms with Gasteiger partial charge in [0.2, 0.25) is 0 Å². The van der Waals surface area contributed by atoms with Crippen molar-refractivity contribution in [1.29, 1.82) is 0 Å². The predicted molar refractivity (Wildman–Crippen MR) is 121 cm³/mol. The van der Waals surface area contributed by atoms with Crippen LogP contribution in [0.15, 0.2) is 29.1 Å². The lowest BCUT2D eigenvalue weighted by Crippen LogP contribution is -2.36. The molecule has 2 aromatic heterocycles. The molecule has 5 rings (SSSR count). The van der Waals surface area contributed by atoms with Gasteiger partial charge in [0.15, 0.2) is 5.82 Å². The molecule has 31 heavy (non-hydrogen) atoms. The molecule has 1 saturated heterocycles. The normalized spacial score (nSPS) is 20.0. The second-order valence-corrected chi connectivity index (χ2v) is 9.27. The van der Waals surface area contributed by atoms with E-state index in [1.807, 2.05) is 17.7 Å². The van der Waals surface area contributed by atoms with Crippen molar-refractivity contribution in [2.24, 2.45) is 0 Å². The maximum Gasteiger partial charge on any atom is 0.253 e. The third-order valence-electron chi connectivity index (χ3n) is 7.01. The van der Waals surface area contributed by atoms with Crippen LogP contribution in [-0.4, -0.2) is 43.2 Å². The van der Waals surface area contributed by atoms with Crippen LogP contribution >= 0.6 is 0 Å². The summed E-state index contributed by atoms with van der Waals surface area (Å²) in [6.45, 7) is 3.98. The molecule has 1 aliphatic heterocycles. The Balaban J connectivity index is 1.63. The fourth-order valence-corrected chi connectivity index (χ4v) is 5.35. The highest BCUT2D eigenvalue weighted by molar-refractivity contribution is 5.79. The summed E-state index contributed by atoms with van der Waals surface area (Å²) in [5.74, 6) is 0.825. The summed E-state index contributed by atoms with van der Waals surface area (Å²) < 4.78 is 2.04. The Morgan fingerprint density at radius 2 is 1.74 bits per heavy atom. The summed E-state index contributed by atoms with van der Waals surface area (Å²) in [7, 11) is 0. The van der Waals surface area contributed by atoms with Crippen LogP contribution in [-0.2, 0) is 0 Å². The van der Waals surface area contributed by atoms with Gasteiger partial charge in [-0.05, 0) is 79.2 Å². The van der Waals surface area contributed by atoms with E-state index in [9.17, 15) is 4.79 Å². The van der Waals surface area contributed by atoms with E-state index in [2.05, 4.69) is 43.6 Å². The number of aryl methyl sites for hydroxylation is 1. The molecule has 0 radical (unpaired) electrons. The zero-order valence-corrected chi connectivity index (χ0v) is 18.4. The third-order valence-corrected chi connectivity index (χ3v) is 7.01. The number of hydrogen-bond donors (Lipinski definition) is 1. The smallest absolute Gasteiger partial charge is 0.253 e. The Morgan fingerprint density at radius 1 is 1.00 bits per heavy atom. The summed E-state index contributed by atoms with van der Waals surface area (Å²) in [5.41, 5.74) is 2.74. The van der Waals surface area contributed by atoms with Gasteiger partial charge in [-0.3, -0.25) is 9.69 Å². The number of rotatable bonds is 4. The van der Waals surface area contributed by atoms with Gasteiger partial charge in [-0.2, -0.15) is 0 Å². The van der Waals surface area contributed by atoms with E-state index in [1.165, 1.54) is 32.1 Å². The van der Waals surface area contributed by atoms with Gasteiger partial charge in [-0.25, -0.2) is 4.68 Å². The van der Waals surface area contributed by atoms with Crippen LogP contribution in [0.25, 0.3) is 10.9 Å². The monoisotopic (exact) mass is 420 g/mol. The van der Waals surface area contributed by atoms with Crippen molar-refractivity contribution >= 4 is 10.9 Å². The fourth-order valence-electron chi connectivity index (χ4n) is 5.35. The van der Waals surface area contributed by atoms with Crippen LogP contribution in [0.4, 0.5) is 0 Å². The Bertz CT molecular complexity index is 1090. The number of aromatic amines is 1. The molecule has 1 aliphatic carbocycles. The van der Waals surface area contributed by atoms with Crippen LogP contribution in [0, 0.1) is 6.92 Å². The lowest BCUT2D eigenvalue weighted by Gasteiger charge is -2.31. The number of benzene rings is 1. The molecule has 3 heterocycles. The molecule has 2 fully saturated rings. The molecule has 1 atom stereocenters. The topological polar surface area (TPSA) is 79.7 Å². The number of likely N-dealkylation sites (tertiary alicyclic amines) is 1. The standard InChI is InChI=1S/C24H32N6O/c1-17-11-12-18-16-20(24(31)25-21(18)15-17)22(29-13-7-2-3-8-14-29)23-26-27-28-30(23)19-9-5-4-6-10-19/h11-12,15-16,19,22H,2-10,13-14H2,1H3,(H,25,31)/t22-/m0/s1. The first kappa shape index (κ1) is 20.4. The molecule has 164 valence electrons. The Labute approximate surface area is 182 Å². The number of fused-ring (bicyclic) bond motifs is 1. The lowest BCUT2D eigenvalue weighted by atomic mass is 9.95. The van der Waals surface area contributed by atoms with E-state index in [0.29, 0.717) is 6.04 Å². The molecule has 1 aromatic carbocycles. The van der Waals surface area contributed by atoms with Gasteiger partial charge < -0.3 is 4.98 Å². The second-order valence-electron chi connectivity index (χ2n) is 9.27. The van der Waals surface area contributed by atoms with Crippen LogP contribution in [0.5, 0.6) is 0 Å². The number of nitrogens with zero attached hydrogens (tertiary/aromatic N) is 5.